The molecule has 1 aliphatic rings. The fourth-order valence-corrected chi connectivity index (χ4v) is 3.51. The van der Waals surface area contributed by atoms with Crippen LogP contribution in [0.2, 0.25) is 0 Å². The molecule has 1 amide bonds. The minimum atomic E-state index is -0.0275. The lowest BCUT2D eigenvalue weighted by Crippen LogP contribution is -2.33. The molecule has 0 spiro atoms. The zero-order valence-electron chi connectivity index (χ0n) is 15.6. The van der Waals surface area contributed by atoms with Crippen LogP contribution in [0.5, 0.6) is 0 Å². The number of hydrogen-bond donors (Lipinski definition) is 1. The summed E-state index contributed by atoms with van der Waals surface area (Å²) in [5.41, 5.74) is 3.69. The number of rotatable bonds is 5. The fraction of sp³-hybridized carbons (Fsp3) is 0.500. The van der Waals surface area contributed by atoms with Gasteiger partial charge < -0.3 is 10.2 Å². The van der Waals surface area contributed by atoms with Crippen molar-refractivity contribution in [2.24, 2.45) is 5.92 Å². The molecule has 25 heavy (non-hydrogen) atoms. The van der Waals surface area contributed by atoms with Gasteiger partial charge in [0.1, 0.15) is 0 Å². The molecule has 134 valence electrons. The first-order valence-electron chi connectivity index (χ1n) is 9.10. The summed E-state index contributed by atoms with van der Waals surface area (Å²) in [6.45, 7) is 11.4. The third-order valence-electron chi connectivity index (χ3n) is 5.20. The number of aryl methyl sites for hydroxylation is 1. The van der Waals surface area contributed by atoms with E-state index in [4.69, 9.17) is 0 Å². The Balaban J connectivity index is 1.65. The van der Waals surface area contributed by atoms with Crippen molar-refractivity contribution >= 4 is 5.91 Å². The first-order chi connectivity index (χ1) is 12.0. The zero-order chi connectivity index (χ0) is 18.0. The molecule has 1 aromatic heterocycles. The highest BCUT2D eigenvalue weighted by molar-refractivity contribution is 5.95. The largest absolute Gasteiger partial charge is 0.352 e. The third kappa shape index (κ3) is 3.76. The molecule has 5 heteroatoms. The first-order valence-corrected chi connectivity index (χ1v) is 9.10. The topological polar surface area (TPSA) is 50.2 Å². The molecule has 1 saturated heterocycles. The third-order valence-corrected chi connectivity index (χ3v) is 5.20. The Morgan fingerprint density at radius 1 is 1.32 bits per heavy atom. The predicted molar refractivity (Wildman–Crippen MR) is 100 cm³/mol. The van der Waals surface area contributed by atoms with Crippen molar-refractivity contribution in [2.45, 2.75) is 40.2 Å². The molecule has 0 bridgehead atoms. The average Bonchev–Trinajstić information content (AvgIpc) is 3.20. The first kappa shape index (κ1) is 17.7. The maximum Gasteiger partial charge on any atom is 0.254 e. The summed E-state index contributed by atoms with van der Waals surface area (Å²) in [7, 11) is 0. The van der Waals surface area contributed by atoms with Gasteiger partial charge in [0.25, 0.3) is 5.91 Å². The number of likely N-dealkylation sites (tertiary alicyclic amines) is 1. The summed E-state index contributed by atoms with van der Waals surface area (Å²) in [5.74, 6) is 0.512. The van der Waals surface area contributed by atoms with Gasteiger partial charge in [0.05, 0.1) is 23.1 Å². The van der Waals surface area contributed by atoms with Gasteiger partial charge in [-0.1, -0.05) is 18.2 Å². The van der Waals surface area contributed by atoms with E-state index in [0.29, 0.717) is 17.5 Å². The van der Waals surface area contributed by atoms with Crippen molar-refractivity contribution in [1.82, 2.24) is 20.0 Å². The van der Waals surface area contributed by atoms with Crippen molar-refractivity contribution in [3.63, 3.8) is 0 Å². The standard InChI is InChI=1S/C20H28N4O/c1-14(2)23-10-9-17(13-23)11-21-20(25)18-12-22-24(16(18)4)19-8-6-5-7-15(19)3/h5-8,12,14,17H,9-11,13H2,1-4H3,(H,21,25)/t17-/m0/s1. The molecule has 1 N–H and O–H groups in total. The van der Waals surface area contributed by atoms with Crippen LogP contribution >= 0.6 is 0 Å². The maximum absolute atomic E-state index is 12.6. The number of nitrogens with one attached hydrogen (secondary N) is 1. The normalized spacial score (nSPS) is 18.0. The van der Waals surface area contributed by atoms with Crippen molar-refractivity contribution < 1.29 is 4.79 Å². The summed E-state index contributed by atoms with van der Waals surface area (Å²) in [6, 6.07) is 8.65. The van der Waals surface area contributed by atoms with Crippen LogP contribution in [-0.2, 0) is 0 Å². The van der Waals surface area contributed by atoms with E-state index in [2.05, 4.69) is 42.2 Å². The molecule has 2 heterocycles. The minimum absolute atomic E-state index is 0.0275. The van der Waals surface area contributed by atoms with Crippen LogP contribution in [0, 0.1) is 19.8 Å². The van der Waals surface area contributed by atoms with Gasteiger partial charge in [-0.3, -0.25) is 4.79 Å². The monoisotopic (exact) mass is 340 g/mol. The number of para-hydroxylation sites is 1. The highest BCUT2D eigenvalue weighted by Crippen LogP contribution is 2.19. The molecule has 1 atom stereocenters. The van der Waals surface area contributed by atoms with E-state index in [9.17, 15) is 4.79 Å². The van der Waals surface area contributed by atoms with Gasteiger partial charge in [-0.05, 0) is 58.2 Å². The molecule has 0 aliphatic carbocycles. The predicted octanol–water partition coefficient (Wildman–Crippen LogP) is 2.95. The lowest BCUT2D eigenvalue weighted by atomic mass is 10.1. The highest BCUT2D eigenvalue weighted by atomic mass is 16.1. The van der Waals surface area contributed by atoms with Crippen LogP contribution in [0.25, 0.3) is 5.69 Å². The summed E-state index contributed by atoms with van der Waals surface area (Å²) in [5, 5.41) is 7.53. The number of carbonyl (C=O) groups is 1. The molecule has 2 aromatic rings. The Kier molecular flexibility index (Phi) is 5.23. The molecule has 0 saturated carbocycles. The van der Waals surface area contributed by atoms with Crippen molar-refractivity contribution in [3.05, 3.63) is 47.3 Å². The van der Waals surface area contributed by atoms with E-state index in [1.807, 2.05) is 29.8 Å². The van der Waals surface area contributed by atoms with Gasteiger partial charge in [0.2, 0.25) is 0 Å². The summed E-state index contributed by atoms with van der Waals surface area (Å²) < 4.78 is 1.85. The number of nitrogens with zero attached hydrogens (tertiary/aromatic N) is 3. The number of hydrogen-bond acceptors (Lipinski definition) is 3. The smallest absolute Gasteiger partial charge is 0.254 e. The Labute approximate surface area is 150 Å². The Morgan fingerprint density at radius 2 is 2.08 bits per heavy atom. The molecule has 1 aromatic carbocycles. The van der Waals surface area contributed by atoms with Crippen LogP contribution in [0.1, 0.15) is 41.9 Å². The number of benzene rings is 1. The Bertz CT molecular complexity index is 750. The van der Waals surface area contributed by atoms with E-state index in [-0.39, 0.29) is 5.91 Å². The van der Waals surface area contributed by atoms with Gasteiger partial charge >= 0.3 is 0 Å². The van der Waals surface area contributed by atoms with E-state index in [0.717, 1.165) is 43.0 Å². The molecule has 3 rings (SSSR count). The summed E-state index contributed by atoms with van der Waals surface area (Å²) in [6.07, 6.45) is 2.83. The Hall–Kier alpha value is -2.14. The molecule has 0 unspecified atom stereocenters. The van der Waals surface area contributed by atoms with Crippen molar-refractivity contribution in [2.75, 3.05) is 19.6 Å². The lowest BCUT2D eigenvalue weighted by molar-refractivity contribution is 0.0946. The van der Waals surface area contributed by atoms with Gasteiger partial charge in [-0.15, -0.1) is 0 Å². The molecule has 1 fully saturated rings. The molecule has 1 aliphatic heterocycles. The van der Waals surface area contributed by atoms with Crippen LogP contribution in [0.15, 0.2) is 30.5 Å². The summed E-state index contributed by atoms with van der Waals surface area (Å²) >= 11 is 0. The van der Waals surface area contributed by atoms with Gasteiger partial charge in [0, 0.05) is 19.1 Å². The van der Waals surface area contributed by atoms with E-state index in [1.165, 1.54) is 0 Å². The van der Waals surface area contributed by atoms with Gasteiger partial charge in [-0.2, -0.15) is 5.10 Å². The van der Waals surface area contributed by atoms with E-state index >= 15 is 0 Å². The molecular formula is C20H28N4O. The van der Waals surface area contributed by atoms with Crippen LogP contribution in [0.4, 0.5) is 0 Å². The van der Waals surface area contributed by atoms with Crippen molar-refractivity contribution in [1.29, 1.82) is 0 Å². The second kappa shape index (κ2) is 7.40. The number of aromatic nitrogens is 2. The van der Waals surface area contributed by atoms with Crippen LogP contribution in [0.3, 0.4) is 0 Å². The molecule has 5 nitrogen and oxygen atoms in total. The number of amides is 1. The second-order valence-corrected chi connectivity index (χ2v) is 7.30. The van der Waals surface area contributed by atoms with E-state index in [1.54, 1.807) is 6.20 Å². The SMILES string of the molecule is Cc1ccccc1-n1ncc(C(=O)NC[C@@H]2CCN(C(C)C)C2)c1C. The second-order valence-electron chi connectivity index (χ2n) is 7.30. The Morgan fingerprint density at radius 3 is 2.76 bits per heavy atom. The minimum Gasteiger partial charge on any atom is -0.352 e. The number of carbonyl (C=O) groups excluding carboxylic acids is 1. The zero-order valence-corrected chi connectivity index (χ0v) is 15.6. The molecule has 0 radical (unpaired) electrons. The van der Waals surface area contributed by atoms with E-state index < -0.39 is 0 Å². The fourth-order valence-electron chi connectivity index (χ4n) is 3.51. The average molecular weight is 340 g/mol. The quantitative estimate of drug-likeness (QED) is 0.910. The summed E-state index contributed by atoms with van der Waals surface area (Å²) in [4.78, 5) is 15.1. The van der Waals surface area contributed by atoms with Crippen LogP contribution < -0.4 is 5.32 Å². The molecular weight excluding hydrogens is 312 g/mol. The maximum atomic E-state index is 12.6. The van der Waals surface area contributed by atoms with Gasteiger partial charge in [-0.25, -0.2) is 4.68 Å². The van der Waals surface area contributed by atoms with Crippen LogP contribution in [-0.4, -0.2) is 46.3 Å². The van der Waals surface area contributed by atoms with Gasteiger partial charge in [0.15, 0.2) is 0 Å². The lowest BCUT2D eigenvalue weighted by Gasteiger charge is -2.20. The van der Waals surface area contributed by atoms with Crippen molar-refractivity contribution in [3.8, 4) is 5.69 Å². The highest BCUT2D eigenvalue weighted by Gasteiger charge is 2.25.